The Balaban J connectivity index is 1.57. The molecule has 0 saturated carbocycles. The minimum atomic E-state index is -0.0508. The molecular formula is C25H25N3O3S. The molecule has 0 spiro atoms. The van der Waals surface area contributed by atoms with Gasteiger partial charge < -0.3 is 9.47 Å². The molecule has 1 aliphatic heterocycles. The first-order valence-corrected chi connectivity index (χ1v) is 11.5. The monoisotopic (exact) mass is 447 g/mol. The minimum absolute atomic E-state index is 0.0508. The molecule has 4 aromatic rings. The number of rotatable bonds is 5. The topological polar surface area (TPSA) is 56.1 Å². The molecule has 7 heteroatoms. The zero-order chi connectivity index (χ0) is 22.2. The standard InChI is InChI=1S/C25H25N3O3S/c1-16-6-7-23-26-18(12-24(29)28(23)14-16)15-27-9-8-17-11-20(30-2)21(31-3)13-19(17)25(27)22-5-4-10-32-22/h4-7,10-14,25H,8-9,15H2,1-3H3/t25-/m1/s1. The van der Waals surface area contributed by atoms with E-state index in [1.165, 1.54) is 16.0 Å². The molecule has 0 N–H and O–H groups in total. The van der Waals surface area contributed by atoms with E-state index in [0.717, 1.165) is 35.7 Å². The minimum Gasteiger partial charge on any atom is -0.493 e. The number of hydrogen-bond acceptors (Lipinski definition) is 6. The summed E-state index contributed by atoms with van der Waals surface area (Å²) in [7, 11) is 3.33. The van der Waals surface area contributed by atoms with Crippen molar-refractivity contribution < 1.29 is 9.47 Å². The van der Waals surface area contributed by atoms with Crippen LogP contribution < -0.4 is 15.0 Å². The van der Waals surface area contributed by atoms with E-state index < -0.39 is 0 Å². The zero-order valence-corrected chi connectivity index (χ0v) is 19.2. The van der Waals surface area contributed by atoms with E-state index in [-0.39, 0.29) is 11.6 Å². The lowest BCUT2D eigenvalue weighted by Crippen LogP contribution is -2.36. The smallest absolute Gasteiger partial charge is 0.258 e. The SMILES string of the molecule is COc1cc2c(cc1OC)[C@H](c1cccs1)N(Cc1cc(=O)n3cc(C)ccc3n1)CC2. The van der Waals surface area contributed by atoms with Crippen LogP contribution in [0, 0.1) is 6.92 Å². The van der Waals surface area contributed by atoms with E-state index in [4.69, 9.17) is 14.5 Å². The van der Waals surface area contributed by atoms with Gasteiger partial charge in [0.2, 0.25) is 0 Å². The molecule has 0 radical (unpaired) electrons. The number of fused-ring (bicyclic) bond motifs is 2. The highest BCUT2D eigenvalue weighted by atomic mass is 32.1. The fourth-order valence-corrected chi connectivity index (χ4v) is 5.37. The summed E-state index contributed by atoms with van der Waals surface area (Å²) >= 11 is 1.74. The number of ether oxygens (including phenoxy) is 2. The number of nitrogens with zero attached hydrogens (tertiary/aromatic N) is 3. The number of thiophene rings is 1. The van der Waals surface area contributed by atoms with Crippen molar-refractivity contribution in [2.45, 2.75) is 25.9 Å². The molecular weight excluding hydrogens is 422 g/mol. The van der Waals surface area contributed by atoms with Crippen LogP contribution in [0.2, 0.25) is 0 Å². The van der Waals surface area contributed by atoms with E-state index in [1.54, 1.807) is 36.0 Å². The van der Waals surface area contributed by atoms with Gasteiger partial charge in [-0.1, -0.05) is 12.1 Å². The average molecular weight is 448 g/mol. The molecule has 32 heavy (non-hydrogen) atoms. The van der Waals surface area contributed by atoms with Gasteiger partial charge in [-0.05, 0) is 59.7 Å². The van der Waals surface area contributed by atoms with Gasteiger partial charge in [-0.15, -0.1) is 11.3 Å². The maximum atomic E-state index is 12.7. The van der Waals surface area contributed by atoms with Gasteiger partial charge in [0.1, 0.15) is 5.65 Å². The van der Waals surface area contributed by atoms with Crippen LogP contribution in [0.15, 0.2) is 58.8 Å². The molecule has 6 nitrogen and oxygen atoms in total. The molecule has 0 bridgehead atoms. The van der Waals surface area contributed by atoms with Crippen molar-refractivity contribution in [3.63, 3.8) is 0 Å². The molecule has 4 heterocycles. The lowest BCUT2D eigenvalue weighted by molar-refractivity contribution is 0.203. The zero-order valence-electron chi connectivity index (χ0n) is 18.4. The Hall–Kier alpha value is -3.16. The van der Waals surface area contributed by atoms with Gasteiger partial charge in [0.25, 0.3) is 5.56 Å². The van der Waals surface area contributed by atoms with Crippen molar-refractivity contribution in [3.8, 4) is 11.5 Å². The van der Waals surface area contributed by atoms with Crippen LogP contribution in [0.3, 0.4) is 0 Å². The number of pyridine rings is 1. The third kappa shape index (κ3) is 3.67. The maximum absolute atomic E-state index is 12.7. The van der Waals surface area contributed by atoms with Crippen LogP contribution >= 0.6 is 11.3 Å². The summed E-state index contributed by atoms with van der Waals surface area (Å²) in [5.74, 6) is 1.48. The van der Waals surface area contributed by atoms with E-state index in [9.17, 15) is 4.79 Å². The Bertz CT molecular complexity index is 1330. The number of aromatic nitrogens is 2. The summed E-state index contributed by atoms with van der Waals surface area (Å²) in [5.41, 5.74) is 4.91. The Kier molecular flexibility index (Phi) is 5.45. The van der Waals surface area contributed by atoms with Gasteiger partial charge in [0, 0.05) is 30.2 Å². The van der Waals surface area contributed by atoms with E-state index in [2.05, 4.69) is 34.5 Å². The summed E-state index contributed by atoms with van der Waals surface area (Å²) < 4.78 is 12.7. The predicted octanol–water partition coefficient (Wildman–Crippen LogP) is 4.23. The van der Waals surface area contributed by atoms with Gasteiger partial charge in [-0.2, -0.15) is 0 Å². The van der Waals surface area contributed by atoms with Gasteiger partial charge in [0.05, 0.1) is 26.0 Å². The second kappa shape index (κ2) is 8.41. The summed E-state index contributed by atoms with van der Waals surface area (Å²) in [6, 6.07) is 14.0. The first-order chi connectivity index (χ1) is 15.6. The van der Waals surface area contributed by atoms with E-state index >= 15 is 0 Å². The van der Waals surface area contributed by atoms with Crippen LogP contribution in [0.1, 0.15) is 33.3 Å². The lowest BCUT2D eigenvalue weighted by atomic mass is 9.90. The molecule has 5 rings (SSSR count). The van der Waals surface area contributed by atoms with Gasteiger partial charge in [-0.3, -0.25) is 14.1 Å². The summed E-state index contributed by atoms with van der Waals surface area (Å²) in [6.07, 6.45) is 2.73. The highest BCUT2D eigenvalue weighted by Gasteiger charge is 2.31. The molecule has 1 atom stereocenters. The predicted molar refractivity (Wildman–Crippen MR) is 126 cm³/mol. The fourth-order valence-electron chi connectivity index (χ4n) is 4.50. The lowest BCUT2D eigenvalue weighted by Gasteiger charge is -2.37. The molecule has 3 aromatic heterocycles. The molecule has 164 valence electrons. The Labute approximate surface area is 190 Å². The maximum Gasteiger partial charge on any atom is 0.258 e. The van der Waals surface area contributed by atoms with Crippen LogP contribution in [-0.2, 0) is 13.0 Å². The van der Waals surface area contributed by atoms with Gasteiger partial charge in [0.15, 0.2) is 11.5 Å². The molecule has 1 aliphatic rings. The second-order valence-corrected chi connectivity index (χ2v) is 9.04. The third-order valence-corrected chi connectivity index (χ3v) is 6.94. The van der Waals surface area contributed by atoms with Crippen molar-refractivity contribution in [1.29, 1.82) is 0 Å². The molecule has 0 aliphatic carbocycles. The Morgan fingerprint density at radius 1 is 1.12 bits per heavy atom. The van der Waals surface area contributed by atoms with E-state index in [0.29, 0.717) is 12.2 Å². The molecule has 0 unspecified atom stereocenters. The third-order valence-electron chi connectivity index (χ3n) is 6.01. The number of aryl methyl sites for hydroxylation is 1. The highest BCUT2D eigenvalue weighted by Crippen LogP contribution is 2.42. The van der Waals surface area contributed by atoms with Crippen LogP contribution in [-0.4, -0.2) is 35.0 Å². The molecule has 0 fully saturated rings. The molecule has 1 aromatic carbocycles. The average Bonchev–Trinajstić information content (AvgIpc) is 3.33. The van der Waals surface area contributed by atoms with Crippen molar-refractivity contribution >= 4 is 17.0 Å². The quantitative estimate of drug-likeness (QED) is 0.458. The number of methoxy groups -OCH3 is 2. The Morgan fingerprint density at radius 2 is 1.94 bits per heavy atom. The van der Waals surface area contributed by atoms with Crippen molar-refractivity contribution in [3.05, 3.63) is 91.7 Å². The van der Waals surface area contributed by atoms with Crippen molar-refractivity contribution in [2.75, 3.05) is 20.8 Å². The van der Waals surface area contributed by atoms with Gasteiger partial charge >= 0.3 is 0 Å². The fraction of sp³-hybridized carbons (Fsp3) is 0.280. The first-order valence-electron chi connectivity index (χ1n) is 10.6. The van der Waals surface area contributed by atoms with Crippen LogP contribution in [0.4, 0.5) is 0 Å². The highest BCUT2D eigenvalue weighted by molar-refractivity contribution is 7.10. The molecule has 0 saturated heterocycles. The summed E-state index contributed by atoms with van der Waals surface area (Å²) in [5, 5.41) is 2.10. The van der Waals surface area contributed by atoms with Crippen molar-refractivity contribution in [2.24, 2.45) is 0 Å². The van der Waals surface area contributed by atoms with Crippen molar-refractivity contribution in [1.82, 2.24) is 14.3 Å². The normalized spacial score (nSPS) is 16.2. The summed E-state index contributed by atoms with van der Waals surface area (Å²) in [4.78, 5) is 21.2. The Morgan fingerprint density at radius 3 is 2.69 bits per heavy atom. The molecule has 0 amide bonds. The first kappa shape index (κ1) is 20.7. The largest absolute Gasteiger partial charge is 0.493 e. The van der Waals surface area contributed by atoms with E-state index in [1.807, 2.05) is 25.3 Å². The summed E-state index contributed by atoms with van der Waals surface area (Å²) in [6.45, 7) is 3.43. The van der Waals surface area contributed by atoms with Crippen LogP contribution in [0.5, 0.6) is 11.5 Å². The second-order valence-electron chi connectivity index (χ2n) is 8.06. The van der Waals surface area contributed by atoms with Gasteiger partial charge in [-0.25, -0.2) is 4.98 Å². The van der Waals surface area contributed by atoms with Crippen LogP contribution in [0.25, 0.3) is 5.65 Å². The number of benzene rings is 1. The number of hydrogen-bond donors (Lipinski definition) is 0.